The van der Waals surface area contributed by atoms with Gasteiger partial charge in [0.15, 0.2) is 0 Å². The molecule has 5 aromatic rings. The molecule has 0 radical (unpaired) electrons. The molecule has 0 aliphatic carbocycles. The normalized spacial score (nSPS) is 12.5. The summed E-state index contributed by atoms with van der Waals surface area (Å²) in [5.74, 6) is 9.04. The molecule has 0 atom stereocenters. The molecule has 0 aliphatic rings. The van der Waals surface area contributed by atoms with Gasteiger partial charge in [0.1, 0.15) is 0 Å². The third-order valence-corrected chi connectivity index (χ3v) is 11.1. The van der Waals surface area contributed by atoms with Crippen LogP contribution in [0.3, 0.4) is 0 Å². The second-order valence-corrected chi connectivity index (χ2v) is 21.6. The van der Waals surface area contributed by atoms with Crippen molar-refractivity contribution in [1.82, 2.24) is 9.55 Å². The van der Waals surface area contributed by atoms with Crippen molar-refractivity contribution in [2.24, 2.45) is 0 Å². The van der Waals surface area contributed by atoms with Crippen molar-refractivity contribution in [2.45, 2.75) is 56.8 Å². The van der Waals surface area contributed by atoms with Gasteiger partial charge in [-0.1, -0.05) is 0 Å². The van der Waals surface area contributed by atoms with Crippen LogP contribution in [0.2, 0.25) is 17.3 Å². The van der Waals surface area contributed by atoms with Gasteiger partial charge >= 0.3 is 206 Å². The minimum absolute atomic E-state index is 0.393. The predicted octanol–water partition coefficient (Wildman–Crippen LogP) is 8.23. The van der Waals surface area contributed by atoms with Gasteiger partial charge in [-0.15, -0.1) is 0 Å². The van der Waals surface area contributed by atoms with Crippen LogP contribution >= 0.6 is 0 Å². The number of hydrogen-bond acceptors (Lipinski definition) is 2. The van der Waals surface area contributed by atoms with Crippen LogP contribution in [0.1, 0.15) is 50.7 Å². The van der Waals surface area contributed by atoms with E-state index in [9.17, 15) is 0 Å². The molecule has 34 heavy (non-hydrogen) atoms. The average Bonchev–Trinajstić information content (AvgIpc) is 3.38. The van der Waals surface area contributed by atoms with Crippen LogP contribution in [-0.2, 0) is 0 Å². The molecule has 2 aromatic heterocycles. The molecule has 3 aromatic carbocycles. The molecule has 5 rings (SSSR count). The van der Waals surface area contributed by atoms with E-state index in [0.717, 1.165) is 33.4 Å². The van der Waals surface area contributed by atoms with Gasteiger partial charge in [0.05, 0.1) is 0 Å². The summed E-state index contributed by atoms with van der Waals surface area (Å²) in [6, 6.07) is 22.0. The fourth-order valence-corrected chi connectivity index (χ4v) is 7.31. The van der Waals surface area contributed by atoms with Gasteiger partial charge in [-0.05, 0) is 0 Å². The van der Waals surface area contributed by atoms with Crippen molar-refractivity contribution in [3.63, 3.8) is 0 Å². The third-order valence-electron chi connectivity index (χ3n) is 6.81. The number of rotatable bonds is 5. The van der Waals surface area contributed by atoms with E-state index in [-0.39, 0.29) is 0 Å². The van der Waals surface area contributed by atoms with Gasteiger partial charge < -0.3 is 0 Å². The Morgan fingerprint density at radius 3 is 2.15 bits per heavy atom. The van der Waals surface area contributed by atoms with Gasteiger partial charge in [0.2, 0.25) is 0 Å². The summed E-state index contributed by atoms with van der Waals surface area (Å²) < 4.78 is 9.94. The predicted molar refractivity (Wildman–Crippen MR) is 147 cm³/mol. The second kappa shape index (κ2) is 8.46. The van der Waals surface area contributed by atoms with Gasteiger partial charge in [-0.25, -0.2) is 0 Å². The molecule has 0 aliphatic heterocycles. The Balaban J connectivity index is 1.90. The van der Waals surface area contributed by atoms with Crippen LogP contribution in [-0.4, -0.2) is 22.8 Å². The average molecular weight is 511 g/mol. The maximum atomic E-state index is 6.08. The van der Waals surface area contributed by atoms with E-state index in [1.54, 1.807) is 0 Å². The Labute approximate surface area is 205 Å². The Kier molecular flexibility index (Phi) is 5.72. The van der Waals surface area contributed by atoms with Crippen LogP contribution in [0, 0.1) is 0 Å². The number of benzene rings is 3. The molecule has 0 amide bonds. The molecule has 2 heterocycles. The summed E-state index contributed by atoms with van der Waals surface area (Å²) in [5.41, 5.74) is 8.06. The Hall–Kier alpha value is -2.79. The minimum atomic E-state index is -2.01. The zero-order valence-corrected chi connectivity index (χ0v) is 23.4. The summed E-state index contributed by atoms with van der Waals surface area (Å²) in [7, 11) is 0. The number of hydrogen-bond donors (Lipinski definition) is 0. The van der Waals surface area contributed by atoms with Crippen LogP contribution in [0.5, 0.6) is 0 Å². The van der Waals surface area contributed by atoms with Crippen LogP contribution in [0.25, 0.3) is 39.1 Å². The zero-order valence-electron chi connectivity index (χ0n) is 21.3. The first kappa shape index (κ1) is 23.0. The van der Waals surface area contributed by atoms with E-state index in [1.807, 2.05) is 6.26 Å². The molecule has 0 bridgehead atoms. The molecule has 0 saturated heterocycles. The van der Waals surface area contributed by atoms with E-state index in [0.29, 0.717) is 11.8 Å². The van der Waals surface area contributed by atoms with Crippen molar-refractivity contribution >= 4 is 39.7 Å². The van der Waals surface area contributed by atoms with Crippen molar-refractivity contribution < 1.29 is 4.42 Å². The number of para-hydroxylation sites is 3. The number of aromatic nitrogens is 2. The molecular weight excluding hydrogens is 477 g/mol. The molecule has 0 spiro atoms. The van der Waals surface area contributed by atoms with E-state index in [2.05, 4.69) is 110 Å². The SMILES string of the molecule is CC(C)c1cccc(C(C)C)c1-n1c(-c2coc3cc[c]([Ge]([CH3])([CH3])[CH3])cc23)nc2ccccc21. The first-order valence-corrected chi connectivity index (χ1v) is 19.6. The standard InChI is InChI=1S/C30H34GeN2O/c1-19(2)22-11-10-12-23(20(3)4)29(22)33-27-14-9-8-13-26(27)32-30(33)25-18-34-28-16-15-21(17-24(25)28)31(5,6)7/h8-20H,1-7H3. The molecule has 0 saturated carbocycles. The van der Waals surface area contributed by atoms with E-state index in [4.69, 9.17) is 9.40 Å². The van der Waals surface area contributed by atoms with E-state index in [1.165, 1.54) is 21.2 Å². The Morgan fingerprint density at radius 2 is 1.50 bits per heavy atom. The van der Waals surface area contributed by atoms with Crippen LogP contribution in [0.4, 0.5) is 0 Å². The maximum absolute atomic E-state index is 6.08. The summed E-state index contributed by atoms with van der Waals surface area (Å²) in [6.07, 6.45) is 1.90. The van der Waals surface area contributed by atoms with Gasteiger partial charge in [0, 0.05) is 0 Å². The number of nitrogens with zero attached hydrogens (tertiary/aromatic N) is 2. The zero-order chi connectivity index (χ0) is 24.2. The molecule has 0 fully saturated rings. The number of imidazole rings is 1. The summed E-state index contributed by atoms with van der Waals surface area (Å²) in [4.78, 5) is 5.19. The van der Waals surface area contributed by atoms with Crippen molar-refractivity contribution in [2.75, 3.05) is 0 Å². The number of furan rings is 1. The summed E-state index contributed by atoms with van der Waals surface area (Å²) in [5, 5.41) is 1.16. The van der Waals surface area contributed by atoms with Crippen LogP contribution < -0.4 is 4.40 Å². The van der Waals surface area contributed by atoms with Crippen molar-refractivity contribution in [3.05, 3.63) is 78.1 Å². The van der Waals surface area contributed by atoms with Gasteiger partial charge in [0.25, 0.3) is 0 Å². The fraction of sp³-hybridized carbons (Fsp3) is 0.300. The van der Waals surface area contributed by atoms with E-state index < -0.39 is 13.3 Å². The first-order valence-electron chi connectivity index (χ1n) is 12.3. The Morgan fingerprint density at radius 1 is 0.824 bits per heavy atom. The van der Waals surface area contributed by atoms with Crippen molar-refractivity contribution in [3.8, 4) is 17.1 Å². The second-order valence-electron chi connectivity index (χ2n) is 11.0. The molecule has 0 N–H and O–H groups in total. The first-order chi connectivity index (χ1) is 16.2. The van der Waals surface area contributed by atoms with Crippen molar-refractivity contribution in [1.29, 1.82) is 0 Å². The van der Waals surface area contributed by atoms with E-state index >= 15 is 0 Å². The molecule has 3 nitrogen and oxygen atoms in total. The topological polar surface area (TPSA) is 31.0 Å². The monoisotopic (exact) mass is 512 g/mol. The molecule has 4 heteroatoms. The molecular formula is C30H34GeN2O. The van der Waals surface area contributed by atoms with Gasteiger partial charge in [-0.3, -0.25) is 0 Å². The van der Waals surface area contributed by atoms with Crippen LogP contribution in [0.15, 0.2) is 71.3 Å². The Bertz CT molecular complexity index is 1470. The summed E-state index contributed by atoms with van der Waals surface area (Å²) in [6.45, 7) is 9.10. The third kappa shape index (κ3) is 3.80. The molecule has 0 unspecified atom stereocenters. The fourth-order valence-electron chi connectivity index (χ4n) is 4.87. The number of fused-ring (bicyclic) bond motifs is 2. The summed E-state index contributed by atoms with van der Waals surface area (Å²) >= 11 is -2.01. The van der Waals surface area contributed by atoms with Gasteiger partial charge in [-0.2, -0.15) is 0 Å². The quantitative estimate of drug-likeness (QED) is 0.223. The molecule has 174 valence electrons.